The van der Waals surface area contributed by atoms with E-state index in [-0.39, 0.29) is 11.9 Å². The topological polar surface area (TPSA) is 12.0 Å². The lowest BCUT2D eigenvalue weighted by molar-refractivity contribution is 0.610. The summed E-state index contributed by atoms with van der Waals surface area (Å²) < 4.78 is 16.1. The van der Waals surface area contributed by atoms with E-state index in [1.807, 2.05) is 31.3 Å². The van der Waals surface area contributed by atoms with Crippen molar-refractivity contribution in [1.82, 2.24) is 5.32 Å². The maximum atomic E-state index is 13.7. The summed E-state index contributed by atoms with van der Waals surface area (Å²) in [5.74, 6) is -0.260. The number of hydrogen-bond acceptors (Lipinski definition) is 1. The molecule has 0 heterocycles. The molecule has 19 heavy (non-hydrogen) atoms. The number of halogens is 4. The molecule has 1 nitrogen and oxygen atoms in total. The second kappa shape index (κ2) is 6.48. The van der Waals surface area contributed by atoms with E-state index in [0.29, 0.717) is 4.47 Å². The SMILES string of the molecule is CNC(c1ccc(Br)c(F)c1)c1cc(Br)ccc1Br. The van der Waals surface area contributed by atoms with E-state index < -0.39 is 0 Å². The first-order valence-corrected chi connectivity index (χ1v) is 7.98. The summed E-state index contributed by atoms with van der Waals surface area (Å²) in [6.07, 6.45) is 0. The van der Waals surface area contributed by atoms with Gasteiger partial charge >= 0.3 is 0 Å². The molecule has 2 aromatic rings. The maximum Gasteiger partial charge on any atom is 0.137 e. The third-order valence-electron chi connectivity index (χ3n) is 2.83. The van der Waals surface area contributed by atoms with Gasteiger partial charge in [-0.1, -0.05) is 37.9 Å². The van der Waals surface area contributed by atoms with Crippen LogP contribution in [0.15, 0.2) is 49.8 Å². The molecule has 0 saturated carbocycles. The zero-order chi connectivity index (χ0) is 14.0. The van der Waals surface area contributed by atoms with Crippen LogP contribution in [0.5, 0.6) is 0 Å². The minimum Gasteiger partial charge on any atom is -0.309 e. The van der Waals surface area contributed by atoms with Gasteiger partial charge < -0.3 is 5.32 Å². The van der Waals surface area contributed by atoms with E-state index in [2.05, 4.69) is 53.1 Å². The maximum absolute atomic E-state index is 13.7. The molecule has 0 aliphatic heterocycles. The zero-order valence-electron chi connectivity index (χ0n) is 10.1. The molecule has 2 aromatic carbocycles. The van der Waals surface area contributed by atoms with Crippen molar-refractivity contribution >= 4 is 47.8 Å². The van der Waals surface area contributed by atoms with Crippen LogP contribution in [0.25, 0.3) is 0 Å². The normalized spacial score (nSPS) is 12.5. The molecular weight excluding hydrogens is 441 g/mol. The van der Waals surface area contributed by atoms with Crippen molar-refractivity contribution in [2.45, 2.75) is 6.04 Å². The van der Waals surface area contributed by atoms with Crippen LogP contribution in [0, 0.1) is 5.82 Å². The Bertz CT molecular complexity index is 601. The van der Waals surface area contributed by atoms with Crippen LogP contribution < -0.4 is 5.32 Å². The molecule has 1 N–H and O–H groups in total. The van der Waals surface area contributed by atoms with Gasteiger partial charge in [0.2, 0.25) is 0 Å². The van der Waals surface area contributed by atoms with Gasteiger partial charge in [-0.25, -0.2) is 4.39 Å². The van der Waals surface area contributed by atoms with E-state index >= 15 is 0 Å². The van der Waals surface area contributed by atoms with E-state index in [4.69, 9.17) is 0 Å². The summed E-state index contributed by atoms with van der Waals surface area (Å²) in [6.45, 7) is 0. The highest BCUT2D eigenvalue weighted by molar-refractivity contribution is 9.11. The van der Waals surface area contributed by atoms with Crippen LogP contribution in [0.2, 0.25) is 0 Å². The Kier molecular flexibility index (Phi) is 5.17. The molecule has 2 rings (SSSR count). The van der Waals surface area contributed by atoms with Gasteiger partial charge in [0, 0.05) is 8.95 Å². The summed E-state index contributed by atoms with van der Waals surface area (Å²) in [5, 5.41) is 3.22. The highest BCUT2D eigenvalue weighted by Crippen LogP contribution is 2.32. The fourth-order valence-electron chi connectivity index (χ4n) is 1.93. The van der Waals surface area contributed by atoms with Gasteiger partial charge in [-0.15, -0.1) is 0 Å². The molecule has 0 aromatic heterocycles. The van der Waals surface area contributed by atoms with Crippen molar-refractivity contribution in [2.75, 3.05) is 7.05 Å². The van der Waals surface area contributed by atoms with Crippen molar-refractivity contribution in [2.24, 2.45) is 0 Å². The molecule has 1 unspecified atom stereocenters. The van der Waals surface area contributed by atoms with E-state index in [9.17, 15) is 4.39 Å². The van der Waals surface area contributed by atoms with Gasteiger partial charge in [-0.2, -0.15) is 0 Å². The first-order chi connectivity index (χ1) is 9.02. The number of hydrogen-bond donors (Lipinski definition) is 1. The largest absolute Gasteiger partial charge is 0.309 e. The lowest BCUT2D eigenvalue weighted by Gasteiger charge is -2.19. The fraction of sp³-hybridized carbons (Fsp3) is 0.143. The van der Waals surface area contributed by atoms with Crippen LogP contribution in [0.1, 0.15) is 17.2 Å². The molecular formula is C14H11Br3FN. The molecule has 100 valence electrons. The monoisotopic (exact) mass is 449 g/mol. The number of benzene rings is 2. The minimum atomic E-state index is -0.260. The summed E-state index contributed by atoms with van der Waals surface area (Å²) >= 11 is 10.2. The molecule has 0 saturated heterocycles. The minimum absolute atomic E-state index is 0.0746. The molecule has 0 spiro atoms. The molecule has 0 bridgehead atoms. The van der Waals surface area contributed by atoms with Gasteiger partial charge in [0.25, 0.3) is 0 Å². The van der Waals surface area contributed by atoms with Crippen LogP contribution in [0.3, 0.4) is 0 Å². The van der Waals surface area contributed by atoms with Crippen molar-refractivity contribution in [1.29, 1.82) is 0 Å². The Balaban J connectivity index is 2.49. The van der Waals surface area contributed by atoms with Gasteiger partial charge in [0.05, 0.1) is 10.5 Å². The smallest absolute Gasteiger partial charge is 0.137 e. The van der Waals surface area contributed by atoms with Crippen molar-refractivity contribution < 1.29 is 4.39 Å². The van der Waals surface area contributed by atoms with E-state index in [0.717, 1.165) is 20.1 Å². The van der Waals surface area contributed by atoms with Crippen LogP contribution in [0.4, 0.5) is 4.39 Å². The average molecular weight is 452 g/mol. The Hall–Kier alpha value is -0.230. The Morgan fingerprint density at radius 1 is 1.00 bits per heavy atom. The average Bonchev–Trinajstić information content (AvgIpc) is 2.38. The Morgan fingerprint density at radius 3 is 2.32 bits per heavy atom. The van der Waals surface area contributed by atoms with E-state index in [1.54, 1.807) is 12.1 Å². The summed E-state index contributed by atoms with van der Waals surface area (Å²) in [4.78, 5) is 0. The zero-order valence-corrected chi connectivity index (χ0v) is 14.8. The van der Waals surface area contributed by atoms with Gasteiger partial charge in [-0.3, -0.25) is 0 Å². The molecule has 0 aliphatic rings. The standard InChI is InChI=1S/C14H11Br3FN/c1-19-14(8-2-4-12(17)13(18)6-8)10-7-9(15)3-5-11(10)16/h2-7,14,19H,1H3. The first kappa shape index (κ1) is 15.2. The van der Waals surface area contributed by atoms with Gasteiger partial charge in [0.15, 0.2) is 0 Å². The van der Waals surface area contributed by atoms with Crippen LogP contribution in [-0.4, -0.2) is 7.05 Å². The lowest BCUT2D eigenvalue weighted by Crippen LogP contribution is -2.18. The first-order valence-electron chi connectivity index (χ1n) is 5.60. The quantitative estimate of drug-likeness (QED) is 0.656. The Labute approximate surface area is 137 Å². The lowest BCUT2D eigenvalue weighted by atomic mass is 9.99. The molecule has 0 fully saturated rings. The summed E-state index contributed by atoms with van der Waals surface area (Å²) in [6, 6.07) is 11.0. The molecule has 5 heteroatoms. The van der Waals surface area contributed by atoms with Gasteiger partial charge in [-0.05, 0) is 64.4 Å². The molecule has 0 radical (unpaired) electrons. The van der Waals surface area contributed by atoms with Crippen molar-refractivity contribution in [3.05, 3.63) is 66.8 Å². The second-order valence-corrected chi connectivity index (χ2v) is 6.69. The Morgan fingerprint density at radius 2 is 1.68 bits per heavy atom. The molecule has 0 amide bonds. The van der Waals surface area contributed by atoms with Crippen LogP contribution >= 0.6 is 47.8 Å². The highest BCUT2D eigenvalue weighted by atomic mass is 79.9. The summed E-state index contributed by atoms with van der Waals surface area (Å²) in [5.41, 5.74) is 1.93. The van der Waals surface area contributed by atoms with Crippen LogP contribution in [-0.2, 0) is 0 Å². The third-order valence-corrected chi connectivity index (χ3v) is 4.69. The van der Waals surface area contributed by atoms with Crippen molar-refractivity contribution in [3.63, 3.8) is 0 Å². The predicted octanol–water partition coefficient (Wildman–Crippen LogP) is 5.42. The van der Waals surface area contributed by atoms with E-state index in [1.165, 1.54) is 0 Å². The van der Waals surface area contributed by atoms with Gasteiger partial charge in [0.1, 0.15) is 5.82 Å². The fourth-order valence-corrected chi connectivity index (χ4v) is 3.03. The molecule has 1 atom stereocenters. The predicted molar refractivity (Wildman–Crippen MR) is 86.8 cm³/mol. The summed E-state index contributed by atoms with van der Waals surface area (Å²) in [7, 11) is 1.86. The number of rotatable bonds is 3. The van der Waals surface area contributed by atoms with Crippen molar-refractivity contribution in [3.8, 4) is 0 Å². The highest BCUT2D eigenvalue weighted by Gasteiger charge is 2.16. The second-order valence-electron chi connectivity index (χ2n) is 4.06. The third kappa shape index (κ3) is 3.45. The number of nitrogens with one attached hydrogen (secondary N) is 1. The molecule has 0 aliphatic carbocycles.